The first-order valence-electron chi connectivity index (χ1n) is 5.79. The fourth-order valence-electron chi connectivity index (χ4n) is 1.74. The molecule has 7 heteroatoms. The molecule has 1 aromatic carbocycles. The predicted octanol–water partition coefficient (Wildman–Crippen LogP) is 3.44. The molecule has 0 amide bonds. The van der Waals surface area contributed by atoms with Gasteiger partial charge in [0.15, 0.2) is 0 Å². The smallest absolute Gasteiger partial charge is 0.307 e. The fourth-order valence-corrected chi connectivity index (χ4v) is 1.74. The van der Waals surface area contributed by atoms with Gasteiger partial charge in [-0.1, -0.05) is 6.07 Å². The van der Waals surface area contributed by atoms with Gasteiger partial charge in [0, 0.05) is 24.5 Å². The third-order valence-electron chi connectivity index (χ3n) is 2.79. The summed E-state index contributed by atoms with van der Waals surface area (Å²) in [5, 5.41) is 13.4. The summed E-state index contributed by atoms with van der Waals surface area (Å²) in [7, 11) is 0. The quantitative estimate of drug-likeness (QED) is 0.687. The number of halogens is 2. The molecule has 0 aliphatic carbocycles. The summed E-state index contributed by atoms with van der Waals surface area (Å²) in [6.45, 7) is 1.74. The molecular formula is C13H11F2N3O2. The number of nitro groups is 1. The molecule has 0 saturated heterocycles. The van der Waals surface area contributed by atoms with Gasteiger partial charge in [0.2, 0.25) is 5.82 Å². The average molecular weight is 279 g/mol. The van der Waals surface area contributed by atoms with Crippen molar-refractivity contribution >= 4 is 11.4 Å². The number of anilines is 1. The summed E-state index contributed by atoms with van der Waals surface area (Å²) in [5.41, 5.74) is -0.124. The van der Waals surface area contributed by atoms with Crippen LogP contribution in [-0.2, 0) is 0 Å². The summed E-state index contributed by atoms with van der Waals surface area (Å²) < 4.78 is 26.9. The maximum Gasteiger partial charge on any atom is 0.307 e. The molecule has 5 nitrogen and oxygen atoms in total. The summed E-state index contributed by atoms with van der Waals surface area (Å²) in [6.07, 6.45) is 3.19. The third-order valence-corrected chi connectivity index (χ3v) is 2.79. The van der Waals surface area contributed by atoms with E-state index in [9.17, 15) is 18.9 Å². The van der Waals surface area contributed by atoms with Crippen molar-refractivity contribution in [1.82, 2.24) is 4.98 Å². The zero-order valence-electron chi connectivity index (χ0n) is 10.5. The molecule has 20 heavy (non-hydrogen) atoms. The van der Waals surface area contributed by atoms with Gasteiger partial charge in [-0.25, -0.2) is 4.39 Å². The average Bonchev–Trinajstić information content (AvgIpc) is 2.42. The molecule has 0 aliphatic rings. The van der Waals surface area contributed by atoms with Crippen molar-refractivity contribution in [2.24, 2.45) is 0 Å². The maximum absolute atomic E-state index is 13.6. The summed E-state index contributed by atoms with van der Waals surface area (Å²) in [6, 6.07) is 4.51. The van der Waals surface area contributed by atoms with Gasteiger partial charge in [-0.3, -0.25) is 15.1 Å². The molecule has 2 aromatic rings. The highest BCUT2D eigenvalue weighted by Gasteiger charge is 2.19. The Kier molecular flexibility index (Phi) is 3.88. The number of nitro benzene ring substituents is 1. The lowest BCUT2D eigenvalue weighted by Gasteiger charge is -2.15. The van der Waals surface area contributed by atoms with Crippen LogP contribution in [-0.4, -0.2) is 9.91 Å². The Morgan fingerprint density at radius 1 is 1.35 bits per heavy atom. The van der Waals surface area contributed by atoms with Gasteiger partial charge in [0.05, 0.1) is 16.7 Å². The molecule has 0 fully saturated rings. The van der Waals surface area contributed by atoms with Crippen molar-refractivity contribution in [3.8, 4) is 0 Å². The van der Waals surface area contributed by atoms with Crippen LogP contribution in [0.1, 0.15) is 18.5 Å². The lowest BCUT2D eigenvalue weighted by Crippen LogP contribution is -2.09. The van der Waals surface area contributed by atoms with Gasteiger partial charge in [-0.05, 0) is 18.6 Å². The predicted molar refractivity (Wildman–Crippen MR) is 69.3 cm³/mol. The van der Waals surface area contributed by atoms with E-state index >= 15 is 0 Å². The second-order valence-corrected chi connectivity index (χ2v) is 4.19. The van der Waals surface area contributed by atoms with Crippen LogP contribution < -0.4 is 5.32 Å². The highest BCUT2D eigenvalue weighted by molar-refractivity contribution is 5.54. The van der Waals surface area contributed by atoms with Crippen LogP contribution in [0.4, 0.5) is 20.2 Å². The molecule has 0 radical (unpaired) electrons. The Hall–Kier alpha value is -2.57. The van der Waals surface area contributed by atoms with Gasteiger partial charge >= 0.3 is 5.69 Å². The lowest BCUT2D eigenvalue weighted by atomic mass is 10.1. The number of hydrogen-bond donors (Lipinski definition) is 1. The molecule has 1 unspecified atom stereocenters. The molecule has 2 rings (SSSR count). The maximum atomic E-state index is 13.6. The highest BCUT2D eigenvalue weighted by atomic mass is 19.1. The number of rotatable bonds is 4. The van der Waals surface area contributed by atoms with Crippen molar-refractivity contribution in [3.05, 3.63) is 64.0 Å². The Labute approximate surface area is 113 Å². The van der Waals surface area contributed by atoms with Crippen LogP contribution in [0.15, 0.2) is 36.7 Å². The van der Waals surface area contributed by atoms with Crippen LogP contribution in [0, 0.1) is 21.7 Å². The molecule has 0 saturated carbocycles. The van der Waals surface area contributed by atoms with Crippen molar-refractivity contribution in [1.29, 1.82) is 0 Å². The van der Waals surface area contributed by atoms with E-state index < -0.39 is 22.2 Å². The monoisotopic (exact) mass is 279 g/mol. The van der Waals surface area contributed by atoms with Crippen LogP contribution in [0.3, 0.4) is 0 Å². The minimum Gasteiger partial charge on any atom is -0.376 e. The van der Waals surface area contributed by atoms with Gasteiger partial charge in [-0.15, -0.1) is 0 Å². The topological polar surface area (TPSA) is 68.1 Å². The molecule has 1 heterocycles. The van der Waals surface area contributed by atoms with Gasteiger partial charge in [-0.2, -0.15) is 4.39 Å². The summed E-state index contributed by atoms with van der Waals surface area (Å²) in [5.74, 6) is -2.09. The second kappa shape index (κ2) is 5.60. The van der Waals surface area contributed by atoms with E-state index in [0.29, 0.717) is 6.07 Å². The number of aromatic nitrogens is 1. The van der Waals surface area contributed by atoms with Crippen molar-refractivity contribution in [2.45, 2.75) is 13.0 Å². The molecule has 0 aliphatic heterocycles. The Morgan fingerprint density at radius 2 is 2.10 bits per heavy atom. The van der Waals surface area contributed by atoms with Crippen molar-refractivity contribution in [3.63, 3.8) is 0 Å². The highest BCUT2D eigenvalue weighted by Crippen LogP contribution is 2.27. The first-order chi connectivity index (χ1) is 9.49. The number of nitrogens with zero attached hydrogens (tertiary/aromatic N) is 2. The van der Waals surface area contributed by atoms with E-state index in [0.717, 1.165) is 11.6 Å². The number of hydrogen-bond acceptors (Lipinski definition) is 4. The Bertz CT molecular complexity index is 635. The van der Waals surface area contributed by atoms with E-state index in [4.69, 9.17) is 0 Å². The lowest BCUT2D eigenvalue weighted by molar-refractivity contribution is -0.387. The van der Waals surface area contributed by atoms with Crippen molar-refractivity contribution < 1.29 is 13.7 Å². The summed E-state index contributed by atoms with van der Waals surface area (Å²) in [4.78, 5) is 13.7. The largest absolute Gasteiger partial charge is 0.376 e. The van der Waals surface area contributed by atoms with E-state index in [-0.39, 0.29) is 11.7 Å². The van der Waals surface area contributed by atoms with Crippen LogP contribution >= 0.6 is 0 Å². The third kappa shape index (κ3) is 2.87. The van der Waals surface area contributed by atoms with Gasteiger partial charge in [0.1, 0.15) is 5.82 Å². The summed E-state index contributed by atoms with van der Waals surface area (Å²) >= 11 is 0. The molecule has 1 aromatic heterocycles. The molecular weight excluding hydrogens is 268 g/mol. The van der Waals surface area contributed by atoms with Crippen LogP contribution in [0.25, 0.3) is 0 Å². The van der Waals surface area contributed by atoms with E-state index in [1.54, 1.807) is 31.5 Å². The minimum atomic E-state index is -1.20. The zero-order valence-corrected chi connectivity index (χ0v) is 10.5. The van der Waals surface area contributed by atoms with Gasteiger partial charge in [0.25, 0.3) is 0 Å². The number of benzene rings is 1. The molecule has 0 bridgehead atoms. The molecule has 104 valence electrons. The van der Waals surface area contributed by atoms with Crippen molar-refractivity contribution in [2.75, 3.05) is 5.32 Å². The van der Waals surface area contributed by atoms with E-state index in [1.807, 2.05) is 0 Å². The second-order valence-electron chi connectivity index (χ2n) is 4.19. The van der Waals surface area contributed by atoms with E-state index in [1.165, 1.54) is 0 Å². The van der Waals surface area contributed by atoms with Crippen LogP contribution in [0.5, 0.6) is 0 Å². The zero-order chi connectivity index (χ0) is 14.7. The molecule has 1 atom stereocenters. The Balaban J connectivity index is 2.29. The Morgan fingerprint density at radius 3 is 2.70 bits per heavy atom. The van der Waals surface area contributed by atoms with Crippen LogP contribution in [0.2, 0.25) is 0 Å². The normalized spacial score (nSPS) is 11.9. The fraction of sp³-hybridized carbons (Fsp3) is 0.154. The first kappa shape index (κ1) is 13.9. The minimum absolute atomic E-state index is 0.130. The number of pyridine rings is 1. The molecule has 0 spiro atoms. The SMILES string of the molecule is CC(Nc1cc([N+](=O)[O-])c(F)cc1F)c1cccnc1. The first-order valence-corrected chi connectivity index (χ1v) is 5.79. The molecule has 1 N–H and O–H groups in total. The standard InChI is InChI=1S/C13H11F2N3O2/c1-8(9-3-2-4-16-7-9)17-12-6-13(18(19)20)11(15)5-10(12)14/h2-8,17H,1H3. The number of nitrogens with one attached hydrogen (secondary N) is 1. The van der Waals surface area contributed by atoms with Gasteiger partial charge < -0.3 is 5.32 Å². The van der Waals surface area contributed by atoms with E-state index in [2.05, 4.69) is 10.3 Å².